The Kier molecular flexibility index (Phi) is 19.7. The number of carbonyl (C=O) groups is 2. The van der Waals surface area contributed by atoms with Gasteiger partial charge >= 0.3 is 5.91 Å². The Balaban J connectivity index is 0.000000204. The highest BCUT2D eigenvalue weighted by Crippen LogP contribution is 2.16. The fourth-order valence-corrected chi connectivity index (χ4v) is 5.77. The molecule has 13 nitrogen and oxygen atoms in total. The maximum Gasteiger partial charge on any atom is 0.315 e. The van der Waals surface area contributed by atoms with Crippen molar-refractivity contribution in [2.24, 2.45) is 0 Å². The van der Waals surface area contributed by atoms with Crippen molar-refractivity contribution < 1.29 is 18.4 Å². The molecule has 0 radical (unpaired) electrons. The third-order valence-electron chi connectivity index (χ3n) is 8.95. The summed E-state index contributed by atoms with van der Waals surface area (Å²) in [4.78, 5) is 42.8. The number of aromatic amines is 1. The summed E-state index contributed by atoms with van der Waals surface area (Å²) in [6.45, 7) is 10.1. The van der Waals surface area contributed by atoms with Crippen molar-refractivity contribution in [3.05, 3.63) is 181 Å². The summed E-state index contributed by atoms with van der Waals surface area (Å²) in [6.07, 6.45) is 9.43. The van der Waals surface area contributed by atoms with Crippen LogP contribution in [0.4, 0.5) is 0 Å². The van der Waals surface area contributed by atoms with E-state index in [-0.39, 0.29) is 24.9 Å². The second-order valence-corrected chi connectivity index (χ2v) is 13.3. The van der Waals surface area contributed by atoms with Gasteiger partial charge in [-0.15, -0.1) is 5.10 Å². The summed E-state index contributed by atoms with van der Waals surface area (Å²) in [5.41, 5.74) is 3.90. The highest BCUT2D eigenvalue weighted by molar-refractivity contribution is 6.67. The normalized spacial score (nSPS) is 10.2. The summed E-state index contributed by atoms with van der Waals surface area (Å²) in [5, 5.41) is 11.0. The van der Waals surface area contributed by atoms with E-state index in [2.05, 4.69) is 102 Å². The molecule has 0 amide bonds. The van der Waals surface area contributed by atoms with Gasteiger partial charge in [-0.25, -0.2) is 9.97 Å². The molecule has 61 heavy (non-hydrogen) atoms. The second kappa shape index (κ2) is 25.6. The van der Waals surface area contributed by atoms with Crippen LogP contribution >= 0.6 is 11.6 Å². The van der Waals surface area contributed by atoms with E-state index >= 15 is 0 Å². The van der Waals surface area contributed by atoms with E-state index < -0.39 is 5.24 Å². The molecule has 14 heteroatoms. The van der Waals surface area contributed by atoms with E-state index in [1.807, 2.05) is 60.7 Å². The molecule has 0 bridgehead atoms. The van der Waals surface area contributed by atoms with E-state index in [0.717, 1.165) is 30.8 Å². The third kappa shape index (κ3) is 15.1. The van der Waals surface area contributed by atoms with Gasteiger partial charge in [0.15, 0.2) is 17.3 Å². The number of halogens is 1. The van der Waals surface area contributed by atoms with Gasteiger partial charge in [0, 0.05) is 25.2 Å². The van der Waals surface area contributed by atoms with Gasteiger partial charge in [0.2, 0.25) is 5.82 Å². The maximum atomic E-state index is 12.7. The number of hydrogen-bond acceptors (Lipinski definition) is 11. The zero-order chi connectivity index (χ0) is 42.4. The number of aromatic nitrogens is 8. The van der Waals surface area contributed by atoms with Gasteiger partial charge in [-0.1, -0.05) is 101 Å². The summed E-state index contributed by atoms with van der Waals surface area (Å²) >= 11 is 5.01. The highest BCUT2D eigenvalue weighted by Gasteiger charge is 2.21. The fourth-order valence-electron chi connectivity index (χ4n) is 5.66. The number of rotatable bonds is 13. The van der Waals surface area contributed by atoms with E-state index in [9.17, 15) is 9.59 Å². The number of aryl methyl sites for hydroxylation is 4. The van der Waals surface area contributed by atoms with Gasteiger partial charge in [0.05, 0.1) is 12.5 Å². The lowest BCUT2D eigenvalue weighted by Crippen LogP contribution is -2.21. The van der Waals surface area contributed by atoms with E-state index in [4.69, 9.17) is 16.0 Å². The summed E-state index contributed by atoms with van der Waals surface area (Å²) in [7, 11) is 0. The van der Waals surface area contributed by atoms with Crippen molar-refractivity contribution in [3.8, 4) is 23.0 Å². The van der Waals surface area contributed by atoms with Crippen molar-refractivity contribution in [2.75, 3.05) is 19.6 Å². The van der Waals surface area contributed by atoms with E-state index in [1.54, 1.807) is 30.6 Å². The molecule has 0 fully saturated rings. The van der Waals surface area contributed by atoms with Crippen molar-refractivity contribution in [3.63, 3.8) is 0 Å². The van der Waals surface area contributed by atoms with Crippen LogP contribution in [0.5, 0.6) is 0 Å². The van der Waals surface area contributed by atoms with Gasteiger partial charge in [0.1, 0.15) is 23.0 Å². The van der Waals surface area contributed by atoms with Crippen LogP contribution in [0.2, 0.25) is 0 Å². The monoisotopic (exact) mass is 841 g/mol. The largest absolute Gasteiger partial charge is 0.460 e. The number of benzene rings is 2. The molecule has 8 aromatic rings. The topological polar surface area (TPSA) is 162 Å². The van der Waals surface area contributed by atoms with Gasteiger partial charge in [0.25, 0.3) is 5.24 Å². The minimum atomic E-state index is -0.560. The van der Waals surface area contributed by atoms with Gasteiger partial charge in [-0.2, -0.15) is 9.78 Å². The molecular weight excluding hydrogens is 790 g/mol. The van der Waals surface area contributed by atoms with Crippen LogP contribution in [0.3, 0.4) is 0 Å². The Bertz CT molecular complexity index is 2380. The number of hydrogen-bond donors (Lipinski definition) is 1. The molecule has 0 aliphatic heterocycles. The first kappa shape index (κ1) is 46.9. The fraction of sp³-hybridized carbons (Fsp3) is 0.234. The Morgan fingerprint density at radius 3 is 1.61 bits per heavy atom. The zero-order valence-electron chi connectivity index (χ0n) is 33.9. The lowest BCUT2D eigenvalue weighted by atomic mass is 10.1. The Labute approximate surface area is 361 Å². The molecule has 2 aromatic carbocycles. The van der Waals surface area contributed by atoms with Gasteiger partial charge < -0.3 is 13.7 Å². The Morgan fingerprint density at radius 1 is 0.623 bits per heavy atom. The molecule has 0 atom stereocenters. The van der Waals surface area contributed by atoms with Gasteiger partial charge in [-0.3, -0.25) is 24.7 Å². The minimum absolute atomic E-state index is 0. The predicted molar refractivity (Wildman–Crippen MR) is 238 cm³/mol. The molecule has 0 saturated heterocycles. The quantitative estimate of drug-likeness (QED) is 0.110. The number of H-pyrrole nitrogens is 1. The summed E-state index contributed by atoms with van der Waals surface area (Å²) < 4.78 is 11.2. The molecule has 316 valence electrons. The lowest BCUT2D eigenvalue weighted by Gasteiger charge is -2.13. The standard InChI is InChI=1S/C20H16N4O2.C15H14N4.C6H15N.C5H3ClO2.CH4/c25-20(17-10-6-14-26-17)24-18(12-11-15-7-2-1-3-8-15)22-19(23-24)16-9-4-5-13-21-16;1-2-6-12(7-3-1)9-10-14-17-15(19-18-14)13-8-4-5-11-16-13;1-4-7(5-2)6-3;6-5(7)4-2-1-3-8-4;/h1-10,13-14H,11-12H2;1-8,11H,9-10H2,(H,17,18,19);4-6H2,1-3H3;1-3H;1H4. The molecule has 1 N–H and O–H groups in total. The van der Waals surface area contributed by atoms with Crippen LogP contribution in [0.1, 0.15) is 72.1 Å². The first-order valence-electron chi connectivity index (χ1n) is 19.7. The molecule has 0 saturated carbocycles. The molecule has 0 aliphatic rings. The Hall–Kier alpha value is -6.83. The van der Waals surface area contributed by atoms with E-state index in [0.29, 0.717) is 29.6 Å². The Morgan fingerprint density at radius 2 is 1.15 bits per heavy atom. The second-order valence-electron chi connectivity index (χ2n) is 12.9. The number of furan rings is 2. The minimum Gasteiger partial charge on any atom is -0.460 e. The van der Waals surface area contributed by atoms with Crippen LogP contribution in [-0.2, 0) is 25.7 Å². The number of nitrogens with zero attached hydrogens (tertiary/aromatic N) is 8. The average molecular weight is 842 g/mol. The number of carbonyl (C=O) groups excluding carboxylic acids is 2. The summed E-state index contributed by atoms with van der Waals surface area (Å²) in [5.74, 6) is 2.63. The molecule has 8 rings (SSSR count). The first-order valence-corrected chi connectivity index (χ1v) is 20.1. The van der Waals surface area contributed by atoms with E-state index in [1.165, 1.54) is 54.0 Å². The zero-order valence-corrected chi connectivity index (χ0v) is 34.7. The average Bonchev–Trinajstić information content (AvgIpc) is 4.16. The molecular formula is C47H52ClN9O4. The number of pyridine rings is 2. The smallest absolute Gasteiger partial charge is 0.315 e. The van der Waals surface area contributed by atoms with Crippen molar-refractivity contribution in [2.45, 2.75) is 53.9 Å². The van der Waals surface area contributed by atoms with Crippen LogP contribution < -0.4 is 0 Å². The van der Waals surface area contributed by atoms with Crippen molar-refractivity contribution >= 4 is 22.8 Å². The number of nitrogens with one attached hydrogen (secondary N) is 1. The molecule has 6 heterocycles. The SMILES string of the molecule is C.CCN(CC)CC.O=C(Cl)c1ccco1.O=C(c1ccco1)n1nc(-c2ccccn2)nc1CCc1ccccc1.c1ccc(CCc2nc(-c3ccccn3)n[nH]2)cc1. The van der Waals surface area contributed by atoms with Crippen LogP contribution in [-0.4, -0.2) is 75.6 Å². The van der Waals surface area contributed by atoms with Crippen LogP contribution in [0.25, 0.3) is 23.0 Å². The molecule has 6 aromatic heterocycles. The highest BCUT2D eigenvalue weighted by atomic mass is 35.5. The van der Waals surface area contributed by atoms with Crippen molar-refractivity contribution in [1.29, 1.82) is 0 Å². The third-order valence-corrected chi connectivity index (χ3v) is 9.13. The van der Waals surface area contributed by atoms with Crippen molar-refractivity contribution in [1.82, 2.24) is 44.8 Å². The first-order chi connectivity index (χ1) is 29.4. The maximum absolute atomic E-state index is 12.7. The summed E-state index contributed by atoms with van der Waals surface area (Å²) in [6, 6.07) is 38.1. The lowest BCUT2D eigenvalue weighted by molar-refractivity contribution is 0.0912. The molecule has 0 spiro atoms. The van der Waals surface area contributed by atoms with Gasteiger partial charge in [-0.05, 0) is 104 Å². The molecule has 0 unspecified atom stereocenters. The van der Waals surface area contributed by atoms with Crippen LogP contribution in [0.15, 0.2) is 155 Å². The van der Waals surface area contributed by atoms with Crippen LogP contribution in [0, 0.1) is 0 Å². The molecule has 0 aliphatic carbocycles. The predicted octanol–water partition coefficient (Wildman–Crippen LogP) is 9.70.